The molecule has 0 saturated heterocycles. The van der Waals surface area contributed by atoms with Crippen LogP contribution in [-0.4, -0.2) is 53.6 Å². The second-order valence-electron chi connectivity index (χ2n) is 16.0. The van der Waals surface area contributed by atoms with E-state index in [-0.39, 0.29) is 34.6 Å². The van der Waals surface area contributed by atoms with Gasteiger partial charge in [-0.1, -0.05) is 98.4 Å². The van der Waals surface area contributed by atoms with Gasteiger partial charge in [-0.25, -0.2) is 4.98 Å². The van der Waals surface area contributed by atoms with E-state index in [0.717, 1.165) is 59.9 Å². The molecule has 2 heterocycles. The molecule has 0 aliphatic heterocycles. The first-order valence-electron chi connectivity index (χ1n) is 18.1. The Kier molecular flexibility index (Phi) is 7.27. The van der Waals surface area contributed by atoms with Gasteiger partial charge < -0.3 is 10.2 Å². The molecule has 0 amide bonds. The third-order valence-electron chi connectivity index (χ3n) is 14.1. The summed E-state index contributed by atoms with van der Waals surface area (Å²) in [6.45, 7) is 4.72. The number of fused-ring (bicyclic) bond motifs is 1. The quantitative estimate of drug-likeness (QED) is 0.102. The third-order valence-corrected chi connectivity index (χ3v) is 15.1. The van der Waals surface area contributed by atoms with Gasteiger partial charge in [0.05, 0.1) is 11.7 Å². The molecule has 2 bridgehead atoms. The number of carbonyl (C=O) groups excluding carboxylic acids is 1. The highest BCUT2D eigenvalue weighted by atomic mass is 32.2. The van der Waals surface area contributed by atoms with Crippen molar-refractivity contribution in [3.63, 3.8) is 0 Å². The maximum absolute atomic E-state index is 15.3. The van der Waals surface area contributed by atoms with Gasteiger partial charge in [0.15, 0.2) is 11.6 Å². The number of benzene rings is 2. The Morgan fingerprint density at radius 3 is 2.42 bits per heavy atom. The molecular weight excluding hydrogens is 641 g/mol. The van der Waals surface area contributed by atoms with E-state index in [0.29, 0.717) is 29.6 Å². The number of thioether (sulfide) groups is 1. The number of H-pyrrole nitrogens is 1. The van der Waals surface area contributed by atoms with E-state index in [1.807, 2.05) is 48.5 Å². The number of Topliss-reactive ketones (excluding diaryl/α,β-unsaturated/α-hetero) is 1. The lowest BCUT2D eigenvalue weighted by atomic mass is 9.32. The zero-order valence-electron chi connectivity index (χ0n) is 28.7. The molecule has 0 radical (unpaired) electrons. The van der Waals surface area contributed by atoms with Crippen molar-refractivity contribution in [1.29, 1.82) is 0 Å². The number of aliphatic hydroxyl groups excluding tert-OH is 1. The molecule has 50 heavy (non-hydrogen) atoms. The highest BCUT2D eigenvalue weighted by molar-refractivity contribution is 7.99. The van der Waals surface area contributed by atoms with Gasteiger partial charge in [-0.05, 0) is 85.5 Å². The number of pyridine rings is 1. The maximum atomic E-state index is 15.3. The highest BCUT2D eigenvalue weighted by Gasteiger charge is 2.74. The molecule has 8 unspecified atom stereocenters. The third kappa shape index (κ3) is 4.37. The first-order valence-corrected chi connectivity index (χ1v) is 19.1. The summed E-state index contributed by atoms with van der Waals surface area (Å²) in [5.41, 5.74) is 2.13. The van der Waals surface area contributed by atoms with Crippen LogP contribution in [0.4, 0.5) is 0 Å². The lowest BCUT2D eigenvalue weighted by Gasteiger charge is -2.71. The fourth-order valence-electron chi connectivity index (χ4n) is 11.4. The number of nitrogens with one attached hydrogen (secondary N) is 1. The molecule has 6 aliphatic rings. The van der Waals surface area contributed by atoms with Crippen LogP contribution in [0.2, 0.25) is 0 Å². The first kappa shape index (κ1) is 32.1. The van der Waals surface area contributed by atoms with Crippen LogP contribution >= 0.6 is 11.8 Å². The molecule has 2 spiro atoms. The van der Waals surface area contributed by atoms with Crippen LogP contribution < -0.4 is 0 Å². The van der Waals surface area contributed by atoms with Gasteiger partial charge in [0.25, 0.3) is 0 Å². The lowest BCUT2D eigenvalue weighted by Crippen LogP contribution is -2.67. The predicted octanol–water partition coefficient (Wildman–Crippen LogP) is 8.10. The van der Waals surface area contributed by atoms with Crippen molar-refractivity contribution in [2.75, 3.05) is 5.75 Å². The zero-order valence-corrected chi connectivity index (χ0v) is 29.5. The number of hydrogen-bond acceptors (Lipinski definition) is 7. The minimum absolute atomic E-state index is 0.0798. The van der Waals surface area contributed by atoms with Crippen molar-refractivity contribution in [1.82, 2.24) is 20.2 Å². The van der Waals surface area contributed by atoms with Gasteiger partial charge in [0.1, 0.15) is 0 Å². The second kappa shape index (κ2) is 11.3. The van der Waals surface area contributed by atoms with Gasteiger partial charge in [0, 0.05) is 51.1 Å². The largest absolute Gasteiger partial charge is 0.393 e. The number of aromatic nitrogens is 4. The Hall–Kier alpha value is -3.85. The van der Waals surface area contributed by atoms with Gasteiger partial charge in [0.2, 0.25) is 5.16 Å². The molecule has 7 nitrogen and oxygen atoms in total. The number of ketones is 1. The summed E-state index contributed by atoms with van der Waals surface area (Å²) >= 11 is 1.51. The predicted molar refractivity (Wildman–Crippen MR) is 195 cm³/mol. The van der Waals surface area contributed by atoms with Gasteiger partial charge >= 0.3 is 0 Å². The van der Waals surface area contributed by atoms with Gasteiger partial charge in [-0.2, -0.15) is 0 Å². The molecule has 3 saturated carbocycles. The number of allylic oxidation sites excluding steroid dienone is 4. The van der Waals surface area contributed by atoms with Crippen molar-refractivity contribution < 1.29 is 15.0 Å². The normalized spacial score (nSPS) is 36.7. The molecule has 256 valence electrons. The molecule has 2 aromatic heterocycles. The summed E-state index contributed by atoms with van der Waals surface area (Å²) in [5, 5.41) is 32.0. The van der Waals surface area contributed by atoms with E-state index in [9.17, 15) is 10.2 Å². The minimum atomic E-state index is -0.959. The summed E-state index contributed by atoms with van der Waals surface area (Å²) in [5.74, 6) is 1.57. The Balaban J connectivity index is 1.11. The molecule has 3 fully saturated rings. The molecule has 6 aliphatic carbocycles. The number of rotatable bonds is 7. The second-order valence-corrected chi connectivity index (χ2v) is 17.0. The zero-order chi connectivity index (χ0) is 34.4. The van der Waals surface area contributed by atoms with E-state index in [2.05, 4.69) is 65.5 Å². The van der Waals surface area contributed by atoms with E-state index >= 15 is 4.79 Å². The van der Waals surface area contributed by atoms with Crippen LogP contribution in [0.15, 0.2) is 108 Å². The van der Waals surface area contributed by atoms with E-state index < -0.39 is 16.4 Å². The summed E-state index contributed by atoms with van der Waals surface area (Å²) in [6.07, 6.45) is 15.8. The summed E-state index contributed by atoms with van der Waals surface area (Å²) in [4.78, 5) is 24.2. The van der Waals surface area contributed by atoms with E-state index in [1.165, 1.54) is 11.8 Å². The van der Waals surface area contributed by atoms with E-state index in [1.54, 1.807) is 12.4 Å². The standard InChI is InChI=1S/C42H44N4O3S/c1-38-17-12-29(47)24-40(38)20-21-42(32(25-40)35(48)31-11-7-6-10-30(31)27-8-4-3-5-9-27)33(38)13-18-39(2)34(42)14-19-41(39,49)26-50-37-44-36(45-46-37)28-15-22-43-23-16-28/h3-11,15-16,20-23,25,29,33-34,47,49H,12-14,17-19,24,26H2,1-2H3,(H,44,45,46). The molecule has 8 heteroatoms. The van der Waals surface area contributed by atoms with Crippen LogP contribution in [-0.2, 0) is 0 Å². The number of carbonyl (C=O) groups is 1. The molecular formula is C42H44N4O3S. The summed E-state index contributed by atoms with van der Waals surface area (Å²) in [6, 6.07) is 22.0. The summed E-state index contributed by atoms with van der Waals surface area (Å²) in [7, 11) is 0. The number of hydrogen-bond donors (Lipinski definition) is 3. The maximum Gasteiger partial charge on any atom is 0.208 e. The molecule has 4 aromatic rings. The number of aromatic amines is 1. The fourth-order valence-corrected chi connectivity index (χ4v) is 12.5. The Labute approximate surface area is 297 Å². The average Bonchev–Trinajstić information content (AvgIpc) is 3.73. The van der Waals surface area contributed by atoms with Gasteiger partial charge in [-0.3, -0.25) is 14.9 Å². The minimum Gasteiger partial charge on any atom is -0.393 e. The Bertz CT molecular complexity index is 2030. The number of aliphatic hydroxyl groups is 2. The smallest absolute Gasteiger partial charge is 0.208 e. The van der Waals surface area contributed by atoms with Crippen LogP contribution in [0, 0.1) is 33.5 Å². The molecule has 2 aromatic carbocycles. The molecule has 3 N–H and O–H groups in total. The Morgan fingerprint density at radius 2 is 1.60 bits per heavy atom. The number of nitrogens with zero attached hydrogens (tertiary/aromatic N) is 3. The lowest BCUT2D eigenvalue weighted by molar-refractivity contribution is -0.166. The molecule has 8 atom stereocenters. The topological polar surface area (TPSA) is 112 Å². The first-order chi connectivity index (χ1) is 24.1. The van der Waals surface area contributed by atoms with E-state index in [4.69, 9.17) is 4.98 Å². The van der Waals surface area contributed by atoms with Crippen molar-refractivity contribution in [3.05, 3.63) is 108 Å². The van der Waals surface area contributed by atoms with Crippen LogP contribution in [0.5, 0.6) is 0 Å². The van der Waals surface area contributed by atoms with Crippen LogP contribution in [0.3, 0.4) is 0 Å². The van der Waals surface area contributed by atoms with Crippen LogP contribution in [0.25, 0.3) is 22.5 Å². The molecule has 10 rings (SSSR count). The SMILES string of the molecule is CC12CCC(O)CC13C=CC1(C(C(=O)c4ccccc4-c4ccccc4)=C3)C2CCC2(C)C1CCC2(O)CSc1n[nH]c(-c2ccncc2)n1. The summed E-state index contributed by atoms with van der Waals surface area (Å²) < 4.78 is 0. The fraction of sp³-hybridized carbons (Fsp3) is 0.429. The average molecular weight is 685 g/mol. The van der Waals surface area contributed by atoms with Crippen molar-refractivity contribution >= 4 is 17.5 Å². The Morgan fingerprint density at radius 1 is 0.880 bits per heavy atom. The van der Waals surface area contributed by atoms with Crippen molar-refractivity contribution in [3.8, 4) is 22.5 Å². The van der Waals surface area contributed by atoms with Crippen molar-refractivity contribution in [2.24, 2.45) is 33.5 Å². The monoisotopic (exact) mass is 684 g/mol. The highest BCUT2D eigenvalue weighted by Crippen LogP contribution is 2.78. The van der Waals surface area contributed by atoms with Crippen molar-refractivity contribution in [2.45, 2.75) is 75.7 Å². The van der Waals surface area contributed by atoms with Gasteiger partial charge in [-0.15, -0.1) is 5.10 Å². The van der Waals surface area contributed by atoms with Crippen LogP contribution in [0.1, 0.15) is 69.2 Å².